The van der Waals surface area contributed by atoms with Gasteiger partial charge in [0.2, 0.25) is 5.01 Å². The van der Waals surface area contributed by atoms with Crippen LogP contribution in [0.2, 0.25) is 5.02 Å². The molecule has 0 radical (unpaired) electrons. The molecule has 0 spiro atoms. The highest BCUT2D eigenvalue weighted by atomic mass is 35.5. The third-order valence-corrected chi connectivity index (χ3v) is 8.50. The molecule has 0 aliphatic heterocycles. The quantitative estimate of drug-likeness (QED) is 0.220. The minimum Gasteiger partial charge on any atom is -0.455 e. The molecule has 6 aromatic rings. The van der Waals surface area contributed by atoms with E-state index in [1.54, 1.807) is 12.4 Å². The summed E-state index contributed by atoms with van der Waals surface area (Å²) in [6.07, 6.45) is 12.5. The van der Waals surface area contributed by atoms with E-state index in [1.807, 2.05) is 31.4 Å². The van der Waals surface area contributed by atoms with E-state index in [1.165, 1.54) is 44.6 Å². The number of aromatic nitrogens is 8. The number of ether oxygens (including phenoxy) is 1. The van der Waals surface area contributed by atoms with Crippen molar-refractivity contribution >= 4 is 46.0 Å². The van der Waals surface area contributed by atoms with Gasteiger partial charge in [-0.25, -0.2) is 28.8 Å². The smallest absolute Gasteiger partial charge is 0.367 e. The fourth-order valence-electron chi connectivity index (χ4n) is 5.00. The number of nitrogens with one attached hydrogen (secondary N) is 1. The van der Waals surface area contributed by atoms with E-state index in [0.29, 0.717) is 23.0 Å². The van der Waals surface area contributed by atoms with Gasteiger partial charge in [0.15, 0.2) is 11.5 Å². The Morgan fingerprint density at radius 1 is 1.18 bits per heavy atom. The van der Waals surface area contributed by atoms with E-state index >= 15 is 0 Å². The van der Waals surface area contributed by atoms with Gasteiger partial charge in [0.25, 0.3) is 5.91 Å². The van der Waals surface area contributed by atoms with Gasteiger partial charge in [-0.3, -0.25) is 4.79 Å². The number of halogens is 2. The Balaban J connectivity index is 1.10. The molecule has 45 heavy (non-hydrogen) atoms. The summed E-state index contributed by atoms with van der Waals surface area (Å²) in [4.78, 5) is 39.7. The predicted molar refractivity (Wildman–Crippen MR) is 164 cm³/mol. The van der Waals surface area contributed by atoms with E-state index < -0.39 is 23.3 Å². The Bertz CT molecular complexity index is 2100. The highest BCUT2D eigenvalue weighted by Gasteiger charge is 2.27. The zero-order valence-corrected chi connectivity index (χ0v) is 26.1. The first kappa shape index (κ1) is 29.0. The van der Waals surface area contributed by atoms with Gasteiger partial charge >= 0.3 is 5.97 Å². The summed E-state index contributed by atoms with van der Waals surface area (Å²) in [7, 11) is 0. The second kappa shape index (κ2) is 11.0. The first-order chi connectivity index (χ1) is 21.5. The molecule has 0 bridgehead atoms. The molecular weight excluding hydrogens is 621 g/mol. The number of nitrogens with zero attached hydrogens (tertiary/aromatic N) is 8. The maximum atomic E-state index is 14.5. The monoisotopic (exact) mass is 647 g/mol. The van der Waals surface area contributed by atoms with Gasteiger partial charge in [0.05, 0.1) is 46.9 Å². The number of amides is 1. The van der Waals surface area contributed by atoms with Crippen LogP contribution in [0, 0.1) is 5.82 Å². The van der Waals surface area contributed by atoms with Gasteiger partial charge in [0, 0.05) is 30.4 Å². The molecule has 12 nitrogen and oxygen atoms in total. The van der Waals surface area contributed by atoms with Gasteiger partial charge in [-0.15, -0.1) is 16.4 Å². The normalized spacial score (nSPS) is 13.5. The number of pyridine rings is 2. The Morgan fingerprint density at radius 3 is 2.78 bits per heavy atom. The molecule has 1 amide bonds. The summed E-state index contributed by atoms with van der Waals surface area (Å²) in [5.41, 5.74) is 3.49. The van der Waals surface area contributed by atoms with Gasteiger partial charge in [-0.2, -0.15) is 0 Å². The Hall–Kier alpha value is -4.69. The topological polar surface area (TPSA) is 134 Å². The van der Waals surface area contributed by atoms with Crippen molar-refractivity contribution in [3.8, 4) is 10.4 Å². The summed E-state index contributed by atoms with van der Waals surface area (Å²) in [6.45, 7) is 5.70. The van der Waals surface area contributed by atoms with Crippen LogP contribution in [0.5, 0.6) is 0 Å². The Labute approximate surface area is 264 Å². The van der Waals surface area contributed by atoms with Crippen LogP contribution >= 0.6 is 22.9 Å². The lowest BCUT2D eigenvalue weighted by molar-refractivity contribution is 0.00690. The second-order valence-electron chi connectivity index (χ2n) is 11.9. The minimum absolute atomic E-state index is 0.0226. The summed E-state index contributed by atoms with van der Waals surface area (Å²) < 4.78 is 25.1. The largest absolute Gasteiger partial charge is 0.455 e. The first-order valence-corrected chi connectivity index (χ1v) is 15.4. The molecule has 1 aliphatic rings. The fraction of sp³-hybridized carbons (Fsp3) is 0.300. The zero-order valence-electron chi connectivity index (χ0n) is 24.5. The highest BCUT2D eigenvalue weighted by Crippen LogP contribution is 2.42. The molecule has 1 N–H and O–H groups in total. The zero-order chi connectivity index (χ0) is 31.5. The third-order valence-electron chi connectivity index (χ3n) is 7.20. The van der Waals surface area contributed by atoms with Crippen molar-refractivity contribution in [3.63, 3.8) is 0 Å². The molecule has 0 atom stereocenters. The van der Waals surface area contributed by atoms with Crippen molar-refractivity contribution in [2.24, 2.45) is 0 Å². The Kier molecular flexibility index (Phi) is 7.12. The van der Waals surface area contributed by atoms with Crippen LogP contribution < -0.4 is 5.32 Å². The van der Waals surface area contributed by atoms with Crippen molar-refractivity contribution in [2.75, 3.05) is 0 Å². The van der Waals surface area contributed by atoms with Crippen LogP contribution in [-0.4, -0.2) is 56.2 Å². The average Bonchev–Trinajstić information content (AvgIpc) is 3.36. The van der Waals surface area contributed by atoms with E-state index in [-0.39, 0.29) is 34.3 Å². The number of hydrogen-bond acceptors (Lipinski definition) is 9. The van der Waals surface area contributed by atoms with Crippen LogP contribution in [0.15, 0.2) is 49.4 Å². The van der Waals surface area contributed by atoms with Gasteiger partial charge in [0.1, 0.15) is 16.8 Å². The molecule has 6 aromatic heterocycles. The SMILES string of the molecule is CC(C)(C)OC(=O)c1ncc(-c2cc(C3CC3)cn3cc(Cn4cc(C(=O)NCc5ncn6ccc(Cl)c(F)c56)nn4)nc23)s1. The van der Waals surface area contributed by atoms with Crippen molar-refractivity contribution in [1.82, 2.24) is 44.1 Å². The average molecular weight is 648 g/mol. The predicted octanol–water partition coefficient (Wildman–Crippen LogP) is 5.30. The number of thiazole rings is 1. The molecule has 7 rings (SSSR count). The van der Waals surface area contributed by atoms with E-state index in [4.69, 9.17) is 21.3 Å². The van der Waals surface area contributed by atoms with Gasteiger partial charge in [-0.1, -0.05) is 16.8 Å². The number of esters is 1. The van der Waals surface area contributed by atoms with Crippen LogP contribution in [0.4, 0.5) is 4.39 Å². The van der Waals surface area contributed by atoms with Crippen molar-refractivity contribution in [3.05, 3.63) is 87.9 Å². The van der Waals surface area contributed by atoms with Crippen molar-refractivity contribution < 1.29 is 18.7 Å². The first-order valence-electron chi connectivity index (χ1n) is 14.2. The van der Waals surface area contributed by atoms with Gasteiger partial charge in [-0.05, 0) is 57.2 Å². The lowest BCUT2D eigenvalue weighted by Gasteiger charge is -2.18. The number of imidazole rings is 2. The van der Waals surface area contributed by atoms with E-state index in [2.05, 4.69) is 37.9 Å². The molecule has 6 heterocycles. The summed E-state index contributed by atoms with van der Waals surface area (Å²) in [6, 6.07) is 3.56. The molecule has 15 heteroatoms. The van der Waals surface area contributed by atoms with Crippen LogP contribution in [-0.2, 0) is 17.8 Å². The van der Waals surface area contributed by atoms with Crippen molar-refractivity contribution in [2.45, 2.75) is 58.2 Å². The van der Waals surface area contributed by atoms with E-state index in [0.717, 1.165) is 23.3 Å². The summed E-state index contributed by atoms with van der Waals surface area (Å²) >= 11 is 7.19. The number of carbonyl (C=O) groups is 2. The number of rotatable bonds is 8. The standard InChI is InChI=1S/C30H27ClFN9O3S/c1-30(2,3)44-29(43)28-34-10-23(45-28)19-8-17(16-4-5-16)11-40-12-18(36-26(19)40)13-41-14-22(37-38-41)27(42)33-9-21-25-24(32)20(31)6-7-39(25)15-35-21/h6-8,10-12,14-16H,4-5,9,13H2,1-3H3,(H,33,42). The number of fused-ring (bicyclic) bond motifs is 2. The molecule has 0 aromatic carbocycles. The van der Waals surface area contributed by atoms with Crippen LogP contribution in [0.25, 0.3) is 21.6 Å². The Morgan fingerprint density at radius 2 is 2.00 bits per heavy atom. The second-order valence-corrected chi connectivity index (χ2v) is 13.3. The van der Waals surface area contributed by atoms with Crippen molar-refractivity contribution in [1.29, 1.82) is 0 Å². The summed E-state index contributed by atoms with van der Waals surface area (Å²) in [5, 5.41) is 11.1. The minimum atomic E-state index is -0.620. The number of carbonyl (C=O) groups excluding carboxylic acids is 2. The lowest BCUT2D eigenvalue weighted by Crippen LogP contribution is -2.23. The van der Waals surface area contributed by atoms with Crippen LogP contribution in [0.1, 0.15) is 76.8 Å². The molecule has 1 saturated carbocycles. The van der Waals surface area contributed by atoms with Crippen LogP contribution in [0.3, 0.4) is 0 Å². The fourth-order valence-corrected chi connectivity index (χ4v) is 5.95. The van der Waals surface area contributed by atoms with Gasteiger partial charge < -0.3 is 18.9 Å². The molecule has 230 valence electrons. The maximum absolute atomic E-state index is 14.5. The highest BCUT2D eigenvalue weighted by molar-refractivity contribution is 7.17. The molecule has 0 unspecified atom stereocenters. The van der Waals surface area contributed by atoms with E-state index in [9.17, 15) is 14.0 Å². The molecule has 1 aliphatic carbocycles. The molecule has 0 saturated heterocycles. The molecular formula is C30H27ClFN9O3S. The number of hydrogen-bond donors (Lipinski definition) is 1. The summed E-state index contributed by atoms with van der Waals surface area (Å²) in [5.74, 6) is -1.06. The maximum Gasteiger partial charge on any atom is 0.367 e. The molecule has 1 fully saturated rings. The lowest BCUT2D eigenvalue weighted by atomic mass is 10.1. The third kappa shape index (κ3) is 5.90.